The highest BCUT2D eigenvalue weighted by Crippen LogP contribution is 2.37. The number of amides is 2. The van der Waals surface area contributed by atoms with Crippen LogP contribution in [0.25, 0.3) is 0 Å². The first-order chi connectivity index (χ1) is 12.2. The molecule has 2 amide bonds. The molecular formula is C19H27N3O4. The number of rotatable bonds is 3. The summed E-state index contributed by atoms with van der Waals surface area (Å²) in [5.41, 5.74) is 6.43. The second kappa shape index (κ2) is 7.15. The predicted molar refractivity (Wildman–Crippen MR) is 97.4 cm³/mol. The van der Waals surface area contributed by atoms with Gasteiger partial charge >= 0.3 is 6.09 Å². The topological polar surface area (TPSA) is 85.1 Å². The molecule has 142 valence electrons. The molecule has 2 heterocycles. The Morgan fingerprint density at radius 2 is 1.92 bits per heavy atom. The summed E-state index contributed by atoms with van der Waals surface area (Å²) < 4.78 is 11.2. The van der Waals surface area contributed by atoms with Gasteiger partial charge in [-0.3, -0.25) is 9.69 Å². The summed E-state index contributed by atoms with van der Waals surface area (Å²) in [6, 6.07) is 5.54. The van der Waals surface area contributed by atoms with Crippen molar-refractivity contribution in [3.05, 3.63) is 29.3 Å². The third-order valence-electron chi connectivity index (χ3n) is 4.68. The van der Waals surface area contributed by atoms with E-state index in [4.69, 9.17) is 15.2 Å². The number of piperazine rings is 1. The molecule has 0 radical (unpaired) electrons. The van der Waals surface area contributed by atoms with Gasteiger partial charge < -0.3 is 20.1 Å². The van der Waals surface area contributed by atoms with Gasteiger partial charge in [0.2, 0.25) is 0 Å². The van der Waals surface area contributed by atoms with Crippen molar-refractivity contribution >= 4 is 12.0 Å². The lowest BCUT2D eigenvalue weighted by atomic mass is 9.98. The molecule has 1 saturated heterocycles. The van der Waals surface area contributed by atoms with Gasteiger partial charge in [0.15, 0.2) is 0 Å². The maximum absolute atomic E-state index is 12.2. The maximum atomic E-state index is 12.2. The fraction of sp³-hybridized carbons (Fsp3) is 0.579. The summed E-state index contributed by atoms with van der Waals surface area (Å²) in [6.07, 6.45) is -0.252. The Bertz CT molecular complexity index is 691. The number of nitrogens with two attached hydrogens (primary N) is 1. The Hall–Kier alpha value is -2.28. The van der Waals surface area contributed by atoms with Gasteiger partial charge in [0.05, 0.1) is 12.2 Å². The van der Waals surface area contributed by atoms with E-state index in [1.807, 2.05) is 32.9 Å². The number of benzene rings is 1. The fourth-order valence-corrected chi connectivity index (χ4v) is 3.41. The number of fused-ring (bicyclic) bond motifs is 1. The summed E-state index contributed by atoms with van der Waals surface area (Å²) in [6.45, 7) is 9.88. The highest BCUT2D eigenvalue weighted by Gasteiger charge is 2.31. The van der Waals surface area contributed by atoms with Gasteiger partial charge in [-0.2, -0.15) is 0 Å². The van der Waals surface area contributed by atoms with Crippen LogP contribution in [0.1, 0.15) is 42.6 Å². The molecule has 2 aliphatic rings. The Kier molecular flexibility index (Phi) is 5.09. The molecular weight excluding hydrogens is 334 g/mol. The van der Waals surface area contributed by atoms with E-state index < -0.39 is 11.5 Å². The van der Waals surface area contributed by atoms with Crippen molar-refractivity contribution in [1.82, 2.24) is 9.80 Å². The van der Waals surface area contributed by atoms with Gasteiger partial charge in [0.1, 0.15) is 11.4 Å². The van der Waals surface area contributed by atoms with Crippen LogP contribution in [0.2, 0.25) is 0 Å². The molecule has 1 atom stereocenters. The summed E-state index contributed by atoms with van der Waals surface area (Å²) in [5, 5.41) is 0. The molecule has 7 nitrogen and oxygen atoms in total. The predicted octanol–water partition coefficient (Wildman–Crippen LogP) is 1.81. The number of hydrogen-bond donors (Lipinski definition) is 1. The number of primary amides is 1. The molecule has 1 unspecified atom stereocenters. The van der Waals surface area contributed by atoms with E-state index in [2.05, 4.69) is 4.90 Å². The maximum Gasteiger partial charge on any atom is 0.410 e. The van der Waals surface area contributed by atoms with Crippen molar-refractivity contribution in [3.63, 3.8) is 0 Å². The summed E-state index contributed by atoms with van der Waals surface area (Å²) in [4.78, 5) is 27.8. The van der Waals surface area contributed by atoms with Crippen LogP contribution in [-0.4, -0.2) is 66.7 Å². The van der Waals surface area contributed by atoms with Crippen LogP contribution < -0.4 is 10.5 Å². The zero-order chi connectivity index (χ0) is 18.9. The molecule has 1 aromatic carbocycles. The second-order valence-corrected chi connectivity index (χ2v) is 7.86. The quantitative estimate of drug-likeness (QED) is 0.888. The van der Waals surface area contributed by atoms with Crippen LogP contribution in [0.5, 0.6) is 5.75 Å². The monoisotopic (exact) mass is 361 g/mol. The average molecular weight is 361 g/mol. The highest BCUT2D eigenvalue weighted by atomic mass is 16.6. The number of para-hydroxylation sites is 1. The van der Waals surface area contributed by atoms with E-state index in [0.717, 1.165) is 25.2 Å². The molecule has 0 saturated carbocycles. The molecule has 3 rings (SSSR count). The van der Waals surface area contributed by atoms with E-state index in [0.29, 0.717) is 31.0 Å². The molecule has 0 bridgehead atoms. The minimum atomic E-state index is -0.475. The molecule has 1 aromatic rings. The zero-order valence-corrected chi connectivity index (χ0v) is 15.7. The van der Waals surface area contributed by atoms with Crippen molar-refractivity contribution in [2.45, 2.75) is 32.3 Å². The van der Waals surface area contributed by atoms with E-state index >= 15 is 0 Å². The molecule has 2 N–H and O–H groups in total. The van der Waals surface area contributed by atoms with Crippen LogP contribution in [0.3, 0.4) is 0 Å². The Morgan fingerprint density at radius 3 is 2.54 bits per heavy atom. The van der Waals surface area contributed by atoms with Crippen LogP contribution in [0, 0.1) is 0 Å². The van der Waals surface area contributed by atoms with Gasteiger partial charge in [-0.1, -0.05) is 12.1 Å². The van der Waals surface area contributed by atoms with Crippen molar-refractivity contribution in [3.8, 4) is 5.75 Å². The highest BCUT2D eigenvalue weighted by molar-refractivity contribution is 5.96. The van der Waals surface area contributed by atoms with E-state index in [1.54, 1.807) is 11.0 Å². The number of carbonyl (C=O) groups is 2. The van der Waals surface area contributed by atoms with Crippen LogP contribution in [0.4, 0.5) is 4.79 Å². The van der Waals surface area contributed by atoms with Crippen LogP contribution in [0.15, 0.2) is 18.2 Å². The third kappa shape index (κ3) is 4.09. The average Bonchev–Trinajstić information content (AvgIpc) is 2.97. The molecule has 0 aromatic heterocycles. The van der Waals surface area contributed by atoms with Crippen LogP contribution >= 0.6 is 0 Å². The summed E-state index contributed by atoms with van der Waals surface area (Å²) in [7, 11) is 0. The fourth-order valence-electron chi connectivity index (χ4n) is 3.41. The first-order valence-electron chi connectivity index (χ1n) is 9.00. The first-order valence-corrected chi connectivity index (χ1v) is 9.00. The Labute approximate surface area is 154 Å². The Morgan fingerprint density at radius 1 is 1.23 bits per heavy atom. The van der Waals surface area contributed by atoms with Crippen molar-refractivity contribution in [2.75, 3.05) is 39.3 Å². The minimum Gasteiger partial charge on any atom is -0.492 e. The molecule has 1 fully saturated rings. The Balaban J connectivity index is 1.56. The summed E-state index contributed by atoms with van der Waals surface area (Å²) >= 11 is 0. The van der Waals surface area contributed by atoms with E-state index in [9.17, 15) is 9.59 Å². The second-order valence-electron chi connectivity index (χ2n) is 7.86. The number of nitrogens with zero attached hydrogens (tertiary/aromatic N) is 2. The number of carbonyl (C=O) groups excluding carboxylic acids is 2. The third-order valence-corrected chi connectivity index (χ3v) is 4.68. The molecule has 7 heteroatoms. The zero-order valence-electron chi connectivity index (χ0n) is 15.7. The van der Waals surface area contributed by atoms with Gasteiger partial charge in [-0.05, 0) is 26.8 Å². The lowest BCUT2D eigenvalue weighted by molar-refractivity contribution is 0.0139. The largest absolute Gasteiger partial charge is 0.492 e. The van der Waals surface area contributed by atoms with Gasteiger partial charge in [0.25, 0.3) is 5.91 Å². The van der Waals surface area contributed by atoms with Gasteiger partial charge in [-0.15, -0.1) is 0 Å². The number of ether oxygens (including phenoxy) is 2. The van der Waals surface area contributed by atoms with Crippen molar-refractivity contribution in [1.29, 1.82) is 0 Å². The van der Waals surface area contributed by atoms with Crippen molar-refractivity contribution < 1.29 is 19.1 Å². The number of hydrogen-bond acceptors (Lipinski definition) is 5. The first kappa shape index (κ1) is 18.5. The molecule has 0 aliphatic carbocycles. The minimum absolute atomic E-state index is 0.206. The lowest BCUT2D eigenvalue weighted by Crippen LogP contribution is -2.50. The summed E-state index contributed by atoms with van der Waals surface area (Å²) in [5.74, 6) is 0.364. The standard InChI is InChI=1S/C19H27N3O4/c1-19(2,3)26-18(24)22-9-7-21(8-10-22)11-13-12-25-16-14(13)5-4-6-15(16)17(20)23/h4-6,13H,7-12H2,1-3H3,(H2,20,23). The van der Waals surface area contributed by atoms with E-state index in [-0.39, 0.29) is 12.0 Å². The smallest absolute Gasteiger partial charge is 0.410 e. The van der Waals surface area contributed by atoms with Crippen LogP contribution in [-0.2, 0) is 4.74 Å². The van der Waals surface area contributed by atoms with Gasteiger partial charge in [-0.25, -0.2) is 4.79 Å². The van der Waals surface area contributed by atoms with Gasteiger partial charge in [0, 0.05) is 44.2 Å². The molecule has 2 aliphatic heterocycles. The SMILES string of the molecule is CC(C)(C)OC(=O)N1CCN(CC2COc3c(C(N)=O)cccc32)CC1. The lowest BCUT2D eigenvalue weighted by Gasteiger charge is -2.36. The van der Waals surface area contributed by atoms with Crippen molar-refractivity contribution in [2.24, 2.45) is 5.73 Å². The molecule has 26 heavy (non-hydrogen) atoms. The normalized spacial score (nSPS) is 20.4. The van der Waals surface area contributed by atoms with E-state index in [1.165, 1.54) is 0 Å². The molecule has 0 spiro atoms.